The molecule has 1 aliphatic rings. The molecule has 2 heterocycles. The van der Waals surface area contributed by atoms with E-state index in [1.165, 1.54) is 4.88 Å². The van der Waals surface area contributed by atoms with E-state index in [0.29, 0.717) is 30.3 Å². The molecule has 0 bridgehead atoms. The van der Waals surface area contributed by atoms with Crippen molar-refractivity contribution in [2.75, 3.05) is 36.4 Å². The number of thiophene rings is 1. The van der Waals surface area contributed by atoms with Gasteiger partial charge in [0.1, 0.15) is 0 Å². The van der Waals surface area contributed by atoms with Crippen LogP contribution in [0.15, 0.2) is 35.7 Å². The van der Waals surface area contributed by atoms with E-state index < -0.39 is 0 Å². The number of halogens is 1. The average molecular weight is 379 g/mol. The van der Waals surface area contributed by atoms with E-state index in [9.17, 15) is 9.59 Å². The highest BCUT2D eigenvalue weighted by atomic mass is 35.5. The Labute approximate surface area is 155 Å². The van der Waals surface area contributed by atoms with Crippen molar-refractivity contribution in [1.29, 1.82) is 0 Å². The number of nitrogens with zero attached hydrogens (tertiary/aromatic N) is 1. The number of urea groups is 1. The van der Waals surface area contributed by atoms with Gasteiger partial charge in [-0.05, 0) is 36.1 Å². The summed E-state index contributed by atoms with van der Waals surface area (Å²) in [5, 5.41) is 10.9. The molecule has 1 fully saturated rings. The minimum atomic E-state index is -0.266. The second-order valence-electron chi connectivity index (χ2n) is 5.65. The van der Waals surface area contributed by atoms with E-state index in [1.54, 1.807) is 23.5 Å². The average Bonchev–Trinajstić information content (AvgIpc) is 3.08. The highest BCUT2D eigenvalue weighted by Gasteiger charge is 2.18. The molecule has 1 aromatic carbocycles. The lowest BCUT2D eigenvalue weighted by atomic mass is 10.2. The Morgan fingerprint density at radius 1 is 1.36 bits per heavy atom. The van der Waals surface area contributed by atoms with E-state index in [0.717, 1.165) is 12.1 Å². The zero-order valence-corrected chi connectivity index (χ0v) is 15.1. The van der Waals surface area contributed by atoms with Crippen molar-refractivity contribution in [1.82, 2.24) is 10.6 Å². The van der Waals surface area contributed by atoms with Crippen molar-refractivity contribution >= 4 is 46.3 Å². The molecule has 1 aromatic heterocycles. The summed E-state index contributed by atoms with van der Waals surface area (Å²) in [5.41, 5.74) is 1.41. The molecule has 0 spiro atoms. The molecular formula is C17H19ClN4O2S. The Morgan fingerprint density at radius 2 is 2.24 bits per heavy atom. The monoisotopic (exact) mass is 378 g/mol. The van der Waals surface area contributed by atoms with Crippen LogP contribution in [0.5, 0.6) is 0 Å². The van der Waals surface area contributed by atoms with Crippen LogP contribution in [0.3, 0.4) is 0 Å². The molecule has 25 heavy (non-hydrogen) atoms. The standard InChI is InChI=1S/C17H19ClN4O2S/c18-14-10-12(3-4-15(14)22-8-7-19-16(23)11-22)21-17(24)20-6-5-13-2-1-9-25-13/h1-4,9-10H,5-8,11H2,(H,19,23)(H2,20,21,24). The van der Waals surface area contributed by atoms with Gasteiger partial charge in [-0.25, -0.2) is 4.79 Å². The summed E-state index contributed by atoms with van der Waals surface area (Å²) >= 11 is 8.00. The summed E-state index contributed by atoms with van der Waals surface area (Å²) < 4.78 is 0. The maximum absolute atomic E-state index is 12.0. The summed E-state index contributed by atoms with van der Waals surface area (Å²) in [7, 11) is 0. The van der Waals surface area contributed by atoms with Crippen LogP contribution < -0.4 is 20.9 Å². The fourth-order valence-corrected chi connectivity index (χ4v) is 3.62. The van der Waals surface area contributed by atoms with Crippen LogP contribution in [0.2, 0.25) is 5.02 Å². The number of benzene rings is 1. The number of hydrogen-bond acceptors (Lipinski definition) is 4. The lowest BCUT2D eigenvalue weighted by Gasteiger charge is -2.29. The topological polar surface area (TPSA) is 73.5 Å². The van der Waals surface area contributed by atoms with Gasteiger partial charge >= 0.3 is 6.03 Å². The number of hydrogen-bond donors (Lipinski definition) is 3. The summed E-state index contributed by atoms with van der Waals surface area (Å²) in [5.74, 6) is -0.0189. The van der Waals surface area contributed by atoms with Crippen molar-refractivity contribution in [3.05, 3.63) is 45.6 Å². The molecular weight excluding hydrogens is 360 g/mol. The Balaban J connectivity index is 1.53. The first kappa shape index (κ1) is 17.6. The Morgan fingerprint density at radius 3 is 2.96 bits per heavy atom. The van der Waals surface area contributed by atoms with E-state index in [-0.39, 0.29) is 18.5 Å². The number of amides is 3. The lowest BCUT2D eigenvalue weighted by molar-refractivity contribution is -0.120. The number of anilines is 2. The molecule has 132 valence electrons. The molecule has 0 saturated carbocycles. The third-order valence-corrected chi connectivity index (χ3v) is 5.06. The molecule has 3 amide bonds. The highest BCUT2D eigenvalue weighted by molar-refractivity contribution is 7.09. The van der Waals surface area contributed by atoms with Gasteiger partial charge in [0.15, 0.2) is 0 Å². The van der Waals surface area contributed by atoms with Crippen LogP contribution in [0.1, 0.15) is 4.88 Å². The van der Waals surface area contributed by atoms with Crippen LogP contribution >= 0.6 is 22.9 Å². The first-order valence-corrected chi connectivity index (χ1v) is 9.26. The van der Waals surface area contributed by atoms with Crippen molar-refractivity contribution in [2.45, 2.75) is 6.42 Å². The van der Waals surface area contributed by atoms with Crippen LogP contribution in [0.25, 0.3) is 0 Å². The number of piperazine rings is 1. The van der Waals surface area contributed by atoms with Crippen LogP contribution in [0.4, 0.5) is 16.2 Å². The van der Waals surface area contributed by atoms with Crippen LogP contribution in [-0.4, -0.2) is 38.1 Å². The van der Waals surface area contributed by atoms with Crippen molar-refractivity contribution < 1.29 is 9.59 Å². The smallest absolute Gasteiger partial charge is 0.319 e. The van der Waals surface area contributed by atoms with E-state index in [2.05, 4.69) is 16.0 Å². The fraction of sp³-hybridized carbons (Fsp3) is 0.294. The van der Waals surface area contributed by atoms with Crippen molar-refractivity contribution in [3.63, 3.8) is 0 Å². The lowest BCUT2D eigenvalue weighted by Crippen LogP contribution is -2.47. The molecule has 1 aliphatic heterocycles. The largest absolute Gasteiger partial charge is 0.359 e. The van der Waals surface area contributed by atoms with Crippen molar-refractivity contribution in [3.8, 4) is 0 Å². The van der Waals surface area contributed by atoms with Gasteiger partial charge in [0.25, 0.3) is 0 Å². The first-order valence-electron chi connectivity index (χ1n) is 8.00. The maximum atomic E-state index is 12.0. The second kappa shape index (κ2) is 8.22. The predicted molar refractivity (Wildman–Crippen MR) is 102 cm³/mol. The van der Waals surface area contributed by atoms with E-state index >= 15 is 0 Å². The molecule has 0 unspecified atom stereocenters. The quantitative estimate of drug-likeness (QED) is 0.749. The number of carbonyl (C=O) groups is 2. The van der Waals surface area contributed by atoms with Gasteiger partial charge in [-0.15, -0.1) is 11.3 Å². The van der Waals surface area contributed by atoms with E-state index in [4.69, 9.17) is 11.6 Å². The molecule has 3 rings (SSSR count). The Kier molecular flexibility index (Phi) is 5.78. The van der Waals surface area contributed by atoms with Gasteiger partial charge < -0.3 is 20.9 Å². The van der Waals surface area contributed by atoms with Crippen LogP contribution in [0, 0.1) is 0 Å². The van der Waals surface area contributed by atoms with Gasteiger partial charge in [-0.3, -0.25) is 4.79 Å². The molecule has 0 aliphatic carbocycles. The first-order chi connectivity index (χ1) is 12.1. The Bertz CT molecular complexity index is 751. The molecule has 3 N–H and O–H groups in total. The highest BCUT2D eigenvalue weighted by Crippen LogP contribution is 2.29. The predicted octanol–water partition coefficient (Wildman–Crippen LogP) is 2.70. The van der Waals surface area contributed by atoms with E-state index in [1.807, 2.05) is 28.5 Å². The minimum Gasteiger partial charge on any atom is -0.359 e. The van der Waals surface area contributed by atoms with Crippen molar-refractivity contribution in [2.24, 2.45) is 0 Å². The minimum absolute atomic E-state index is 0.0189. The van der Waals surface area contributed by atoms with Gasteiger partial charge in [-0.2, -0.15) is 0 Å². The third kappa shape index (κ3) is 4.87. The molecule has 6 nitrogen and oxygen atoms in total. The zero-order valence-electron chi connectivity index (χ0n) is 13.5. The summed E-state index contributed by atoms with van der Waals surface area (Å²) in [6, 6.07) is 9.08. The zero-order chi connectivity index (χ0) is 17.6. The summed E-state index contributed by atoms with van der Waals surface area (Å²) in [6.07, 6.45) is 0.807. The molecule has 2 aromatic rings. The normalized spacial score (nSPS) is 14.1. The fourth-order valence-electron chi connectivity index (χ4n) is 2.61. The molecule has 1 saturated heterocycles. The molecule has 8 heteroatoms. The van der Waals surface area contributed by atoms with Gasteiger partial charge in [0, 0.05) is 30.2 Å². The number of carbonyl (C=O) groups excluding carboxylic acids is 2. The Hall–Kier alpha value is -2.25. The van der Waals surface area contributed by atoms with Gasteiger partial charge in [-0.1, -0.05) is 17.7 Å². The van der Waals surface area contributed by atoms with Crippen LogP contribution in [-0.2, 0) is 11.2 Å². The maximum Gasteiger partial charge on any atom is 0.319 e. The molecule has 0 radical (unpaired) electrons. The molecule has 0 atom stereocenters. The second-order valence-corrected chi connectivity index (χ2v) is 7.09. The summed E-state index contributed by atoms with van der Waals surface area (Å²) in [4.78, 5) is 26.6. The van der Waals surface area contributed by atoms with Gasteiger partial charge in [0.2, 0.25) is 5.91 Å². The number of nitrogens with one attached hydrogen (secondary N) is 3. The third-order valence-electron chi connectivity index (χ3n) is 3.82. The van der Waals surface area contributed by atoms with Gasteiger partial charge in [0.05, 0.1) is 17.3 Å². The SMILES string of the molecule is O=C1CN(c2ccc(NC(=O)NCCc3cccs3)cc2Cl)CCN1. The number of rotatable bonds is 5. The summed E-state index contributed by atoms with van der Waals surface area (Å²) in [6.45, 7) is 2.17.